The molecule has 0 aliphatic carbocycles. The first-order valence-electron chi connectivity index (χ1n) is 35.3. The van der Waals surface area contributed by atoms with Gasteiger partial charge in [0.25, 0.3) is 0 Å². The molecule has 2 saturated heterocycles. The Morgan fingerprint density at radius 1 is 0.636 bits per heavy atom. The summed E-state index contributed by atoms with van der Waals surface area (Å²) in [7, 11) is -6.78. The third-order valence-corrected chi connectivity index (χ3v) is 28.0. The Morgan fingerprint density at radius 3 is 1.64 bits per heavy atom. The second-order valence-electron chi connectivity index (χ2n) is 27.7. The van der Waals surface area contributed by atoms with Crippen LogP contribution in [0.4, 0.5) is 16.2 Å². The fourth-order valence-electron chi connectivity index (χ4n) is 12.3. The van der Waals surface area contributed by atoms with E-state index in [4.69, 9.17) is 33.1 Å². The van der Waals surface area contributed by atoms with Gasteiger partial charge < -0.3 is 0 Å². The number of esters is 1. The number of hydrogen-bond donors (Lipinski definition) is 6. The minimum Gasteiger partial charge on any atom is -0.265 e. The summed E-state index contributed by atoms with van der Waals surface area (Å²) in [5.41, 5.74) is -1.93. The number of hydrogen-bond acceptors (Lipinski definition) is 22. The Kier molecular flexibility index (Phi) is 25.7. The Morgan fingerprint density at radius 2 is 1.14 bits per heavy atom. The second-order valence-corrected chi connectivity index (χ2v) is 37.2. The van der Waals surface area contributed by atoms with Gasteiger partial charge in [0.1, 0.15) is 0 Å². The fraction of sp³-hybridized carbons (Fsp3) is 0.275. The SMILES string of the molecule is COc1ccc(C(OC[C@H]2S[C@@H](n3cnc4c(=O)[nH]c(NC(=O)C(C)C)nc43)[C@H](P(O)(O)(O)C[C@@H]3O[C@@H](n4cnc5c(NC(=O)c6ccccc6)ncnc54)[C@@H](F)[C@@H]3OC(=O)c3ccccc3)[C@@H]2O[Si](C)(C)C(C)(C)C)(c2ccccc2)c2ccc(OC)cc2)cc1.c1ccncc1.c1ccncc1.c1ccncc1. The van der Waals surface area contributed by atoms with Crippen molar-refractivity contribution in [3.63, 3.8) is 0 Å². The molecule has 0 spiro atoms. The molecule has 2 aliphatic heterocycles. The maximum Gasteiger partial charge on any atom is 0.0267 e. The Hall–Kier alpha value is -10.9. The van der Waals surface area contributed by atoms with Crippen LogP contribution in [-0.4, -0.2) is 157 Å². The van der Waals surface area contributed by atoms with Crippen molar-refractivity contribution in [2.45, 2.75) is 105 Å². The van der Waals surface area contributed by atoms with Crippen molar-refractivity contribution in [1.29, 1.82) is 0 Å². The van der Waals surface area contributed by atoms with Crippen molar-refractivity contribution in [3.05, 3.63) is 288 Å². The molecule has 6 N–H and O–H groups in total. The van der Waals surface area contributed by atoms with E-state index in [2.05, 4.69) is 50.5 Å². The number of nitrogens with one attached hydrogen (secondary N) is 3. The number of imidazole rings is 2. The van der Waals surface area contributed by atoms with Gasteiger partial charge in [-0.15, -0.1) is 0 Å². The number of carbonyl (C=O) groups excluding carboxylic acids is 3. The number of halogens is 1. The molecule has 30 heteroatoms. The van der Waals surface area contributed by atoms with Gasteiger partial charge in [-0.25, -0.2) is 0 Å². The number of ether oxygens (including phenoxy) is 5. The van der Waals surface area contributed by atoms with E-state index >= 15 is 4.39 Å². The number of nitrogens with zero attached hydrogens (tertiary/aromatic N) is 10. The Balaban J connectivity index is 0.000000584. The molecule has 26 nitrogen and oxygen atoms in total. The molecule has 572 valence electrons. The molecule has 110 heavy (non-hydrogen) atoms. The topological polar surface area (TPSA) is 337 Å². The van der Waals surface area contributed by atoms with E-state index in [1.165, 1.54) is 33.9 Å². The predicted molar refractivity (Wildman–Crippen MR) is 421 cm³/mol. The summed E-state index contributed by atoms with van der Waals surface area (Å²) in [6.07, 6.45) is 3.62. The van der Waals surface area contributed by atoms with Crippen LogP contribution in [-0.2, 0) is 29.0 Å². The number of carbonyl (C=O) groups is 3. The number of aromatic amines is 1. The van der Waals surface area contributed by atoms with Crippen LogP contribution < -0.4 is 25.7 Å². The molecule has 2 fully saturated rings. The van der Waals surface area contributed by atoms with Crippen LogP contribution in [0.5, 0.6) is 11.5 Å². The summed E-state index contributed by atoms with van der Waals surface area (Å²) in [5.74, 6) is -1.60. The molecule has 9 heterocycles. The smallest absolute Gasteiger partial charge is 0.0267 e. The van der Waals surface area contributed by atoms with Gasteiger partial charge >= 0.3 is 519 Å². The van der Waals surface area contributed by atoms with Gasteiger partial charge in [-0.05, 0) is 36.4 Å². The van der Waals surface area contributed by atoms with Crippen LogP contribution >= 0.6 is 19.0 Å². The van der Waals surface area contributed by atoms with Crippen LogP contribution in [0, 0.1) is 5.92 Å². The number of pyridine rings is 3. The average molecular weight is 1550 g/mol. The minimum absolute atomic E-state index is 0.0198. The number of rotatable bonds is 21. The standard InChI is InChI=1S/C65H72FN10O13PSSi.3C5H5N/c1-38(2)57(77)73-63-72-56-50(59(79)74-63)70-37-76(56)61-53(52(89-92(8,9)64(3,4)5)47(91-61)33-86-65(41-23-17-12-18-24-41,42-25-29-44(84-6)30-26-42)43-27-31-45(85-7)32-28-43)90(81,82,83)34-46-51(88-62(80)40-21-15-11-16-22-40)48(66)60(87-46)75-36-69-49-54(67-35-68-55(49)75)71-58(78)39-19-13-10-14-20-39;3*1-2-4-6-5-3-1/h10-32,35-38,46-48,51-53,60-61,81-83H,33-34H2,1-9H3,(H,67,68,71,78)(H2,72,73,74,77,79);3*1-5H/t46-,47+,48-,51+,52+,53+,60+,61+;;;/m0.../s1. The first-order chi connectivity index (χ1) is 52.8. The summed E-state index contributed by atoms with van der Waals surface area (Å²) in [6, 6.07) is 57.6. The maximum atomic E-state index is 18.0. The van der Waals surface area contributed by atoms with Crippen molar-refractivity contribution in [2.75, 3.05) is 37.6 Å². The molecule has 2 aliphatic rings. The maximum absolute atomic E-state index is 18.0. The number of amides is 2. The van der Waals surface area contributed by atoms with Crippen molar-refractivity contribution in [2.24, 2.45) is 5.92 Å². The van der Waals surface area contributed by atoms with Crippen LogP contribution in [0.1, 0.15) is 83.6 Å². The normalized spacial score (nSPS) is 18.7. The molecule has 7 aromatic heterocycles. The Labute approximate surface area is 640 Å². The zero-order valence-corrected chi connectivity index (χ0v) is 64.6. The van der Waals surface area contributed by atoms with E-state index in [-0.39, 0.29) is 46.3 Å². The van der Waals surface area contributed by atoms with Crippen LogP contribution in [0.25, 0.3) is 22.3 Å². The van der Waals surface area contributed by atoms with Gasteiger partial charge in [-0.1, -0.05) is 36.4 Å². The summed E-state index contributed by atoms with van der Waals surface area (Å²) in [5, 5.41) is 2.45. The number of alkyl halides is 1. The summed E-state index contributed by atoms with van der Waals surface area (Å²) >= 11 is 1.13. The molecular weight excluding hydrogens is 1460 g/mol. The third-order valence-electron chi connectivity index (χ3n) is 18.9. The molecule has 0 saturated carbocycles. The summed E-state index contributed by atoms with van der Waals surface area (Å²) in [4.78, 5) is 132. The largest absolute Gasteiger partial charge is 0.265 e. The monoisotopic (exact) mass is 1550 g/mol. The summed E-state index contributed by atoms with van der Waals surface area (Å²) < 4.78 is 59.6. The van der Waals surface area contributed by atoms with Gasteiger partial charge in [-0.2, -0.15) is 0 Å². The van der Waals surface area contributed by atoms with Crippen LogP contribution in [0.3, 0.4) is 0 Å². The van der Waals surface area contributed by atoms with Crippen molar-refractivity contribution < 1.29 is 61.6 Å². The Bertz CT molecular complexity index is 4840. The van der Waals surface area contributed by atoms with Gasteiger partial charge in [0.2, 0.25) is 0 Å². The zero-order chi connectivity index (χ0) is 78.2. The van der Waals surface area contributed by atoms with Crippen LogP contribution in [0.15, 0.2) is 255 Å². The number of H-pyrrole nitrogens is 1. The van der Waals surface area contributed by atoms with Crippen molar-refractivity contribution in [1.82, 2.24) is 54.0 Å². The van der Waals surface area contributed by atoms with E-state index in [9.17, 15) is 33.9 Å². The molecule has 0 unspecified atom stereocenters. The van der Waals surface area contributed by atoms with E-state index in [0.29, 0.717) is 33.8 Å². The van der Waals surface area contributed by atoms with Gasteiger partial charge in [0, 0.05) is 37.2 Å². The van der Waals surface area contributed by atoms with Gasteiger partial charge in [0.15, 0.2) is 0 Å². The molecular formula is C80H87FN13O13PSSi. The molecule has 0 bridgehead atoms. The molecule has 8 atom stereocenters. The van der Waals surface area contributed by atoms with Crippen LogP contribution in [0.2, 0.25) is 18.1 Å². The second kappa shape index (κ2) is 35.2. The molecule has 14 rings (SSSR count). The number of benzene rings is 5. The van der Waals surface area contributed by atoms with Gasteiger partial charge in [-0.3, -0.25) is 15.0 Å². The molecule has 5 aromatic carbocycles. The quantitative estimate of drug-likeness (QED) is 0.0168. The first-order valence-corrected chi connectivity index (χ1v) is 41.5. The summed E-state index contributed by atoms with van der Waals surface area (Å²) in [6.45, 7) is 13.0. The van der Waals surface area contributed by atoms with E-state index in [1.807, 2.05) is 167 Å². The average Bonchev–Trinajstić information content (AvgIpc) is 1.51. The number of methoxy groups -OCH3 is 2. The minimum atomic E-state index is -6.75. The van der Waals surface area contributed by atoms with E-state index in [1.54, 1.807) is 114 Å². The third kappa shape index (κ3) is 18.7. The number of anilines is 2. The van der Waals surface area contributed by atoms with Gasteiger partial charge in [0.05, 0.1) is 0 Å². The predicted octanol–water partition coefficient (Wildman–Crippen LogP) is 13.2. The molecule has 0 radical (unpaired) electrons. The van der Waals surface area contributed by atoms with E-state index in [0.717, 1.165) is 18.1 Å². The number of thioether (sulfide) groups is 1. The zero-order valence-electron chi connectivity index (χ0n) is 61.9. The number of fused-ring (bicyclic) bond motifs is 2. The molecule has 2 amide bonds. The van der Waals surface area contributed by atoms with Crippen molar-refractivity contribution >= 4 is 79.2 Å². The number of aromatic nitrogens is 11. The van der Waals surface area contributed by atoms with E-state index < -0.39 is 109 Å². The molecule has 12 aromatic rings. The van der Waals surface area contributed by atoms with Crippen molar-refractivity contribution in [3.8, 4) is 11.5 Å². The first kappa shape index (κ1) is 80.2. The fourth-order valence-corrected chi connectivity index (χ4v) is 19.2.